The van der Waals surface area contributed by atoms with Gasteiger partial charge in [-0.2, -0.15) is 0 Å². The van der Waals surface area contributed by atoms with E-state index < -0.39 is 23.4 Å². The lowest BCUT2D eigenvalue weighted by molar-refractivity contribution is 0.0697. The molecule has 0 radical (unpaired) electrons. The summed E-state index contributed by atoms with van der Waals surface area (Å²) in [6, 6.07) is 6.47. The van der Waals surface area contributed by atoms with E-state index in [0.29, 0.717) is 0 Å². The Kier molecular flexibility index (Phi) is 3.60. The molecule has 0 aliphatic carbocycles. The maximum Gasteiger partial charge on any atom is 0.337 e. The van der Waals surface area contributed by atoms with Crippen molar-refractivity contribution >= 4 is 23.3 Å². The van der Waals surface area contributed by atoms with E-state index in [2.05, 4.69) is 10.3 Å². The average Bonchev–Trinajstić information content (AvgIpc) is 2.41. The maximum absolute atomic E-state index is 13.7. The number of carbonyl (C=O) groups excluding carboxylic acids is 1. The first-order chi connectivity index (χ1) is 9.50. The van der Waals surface area contributed by atoms with Crippen molar-refractivity contribution < 1.29 is 19.1 Å². The van der Waals surface area contributed by atoms with E-state index in [0.717, 1.165) is 6.07 Å². The van der Waals surface area contributed by atoms with Crippen molar-refractivity contribution in [3.8, 4) is 0 Å². The second kappa shape index (κ2) is 5.35. The minimum atomic E-state index is -1.35. The minimum absolute atomic E-state index is 0.105. The van der Waals surface area contributed by atoms with Crippen LogP contribution < -0.4 is 11.1 Å². The van der Waals surface area contributed by atoms with Gasteiger partial charge in [0.05, 0.1) is 16.9 Å². The van der Waals surface area contributed by atoms with Crippen molar-refractivity contribution in [2.24, 2.45) is 0 Å². The normalized spacial score (nSPS) is 10.1. The van der Waals surface area contributed by atoms with Crippen molar-refractivity contribution in [3.05, 3.63) is 53.6 Å². The highest BCUT2D eigenvalue weighted by atomic mass is 19.1. The van der Waals surface area contributed by atoms with Crippen molar-refractivity contribution in [2.75, 3.05) is 11.1 Å². The summed E-state index contributed by atoms with van der Waals surface area (Å²) >= 11 is 0. The number of anilines is 2. The van der Waals surface area contributed by atoms with Crippen molar-refractivity contribution in [3.63, 3.8) is 0 Å². The van der Waals surface area contributed by atoms with E-state index in [1.165, 1.54) is 30.5 Å². The zero-order valence-electron chi connectivity index (χ0n) is 10.1. The minimum Gasteiger partial charge on any atom is -0.478 e. The highest BCUT2D eigenvalue weighted by Gasteiger charge is 2.19. The molecular weight excluding hydrogens is 265 g/mol. The van der Waals surface area contributed by atoms with Gasteiger partial charge in [0, 0.05) is 6.20 Å². The summed E-state index contributed by atoms with van der Waals surface area (Å²) in [6.07, 6.45) is 1.35. The number of hydrogen-bond acceptors (Lipinski definition) is 4. The predicted molar refractivity (Wildman–Crippen MR) is 70.0 cm³/mol. The van der Waals surface area contributed by atoms with Crippen LogP contribution in [0.2, 0.25) is 0 Å². The van der Waals surface area contributed by atoms with Crippen LogP contribution >= 0.6 is 0 Å². The number of nitrogens with two attached hydrogens (primary N) is 1. The fourth-order valence-corrected chi connectivity index (χ4v) is 1.61. The molecule has 7 heteroatoms. The number of carbonyl (C=O) groups is 2. The van der Waals surface area contributed by atoms with Crippen LogP contribution in [0, 0.1) is 5.82 Å². The number of carboxylic acid groups (broad SMARTS) is 1. The average molecular weight is 275 g/mol. The van der Waals surface area contributed by atoms with Crippen molar-refractivity contribution in [1.82, 2.24) is 4.98 Å². The number of amides is 1. The van der Waals surface area contributed by atoms with Crippen LogP contribution in [-0.2, 0) is 0 Å². The number of pyridine rings is 1. The van der Waals surface area contributed by atoms with Gasteiger partial charge in [-0.15, -0.1) is 0 Å². The summed E-state index contributed by atoms with van der Waals surface area (Å²) in [5.41, 5.74) is 4.81. The highest BCUT2D eigenvalue weighted by molar-refractivity contribution is 6.09. The molecule has 20 heavy (non-hydrogen) atoms. The van der Waals surface area contributed by atoms with Crippen LogP contribution in [0.5, 0.6) is 0 Å². The van der Waals surface area contributed by atoms with Crippen LogP contribution in [0.15, 0.2) is 36.5 Å². The van der Waals surface area contributed by atoms with Gasteiger partial charge in [-0.1, -0.05) is 6.07 Å². The van der Waals surface area contributed by atoms with Gasteiger partial charge in [0.15, 0.2) is 5.69 Å². The van der Waals surface area contributed by atoms with E-state index in [4.69, 9.17) is 10.8 Å². The Bertz CT molecular complexity index is 688. The number of nitrogens with zero attached hydrogens (tertiary/aromatic N) is 1. The summed E-state index contributed by atoms with van der Waals surface area (Å²) in [5.74, 6) is -2.99. The van der Waals surface area contributed by atoms with Gasteiger partial charge in [-0.05, 0) is 24.3 Å². The third-order valence-electron chi connectivity index (χ3n) is 2.54. The number of carboxylic acids is 1. The SMILES string of the molecule is Nc1cccnc1C(=O)Nc1c(F)cccc1C(=O)O. The molecule has 1 aromatic carbocycles. The van der Waals surface area contributed by atoms with Crippen LogP contribution in [0.1, 0.15) is 20.8 Å². The van der Waals surface area contributed by atoms with Crippen LogP contribution in [0.4, 0.5) is 15.8 Å². The summed E-state index contributed by atoms with van der Waals surface area (Å²) in [6.45, 7) is 0. The maximum atomic E-state index is 13.7. The second-order valence-corrected chi connectivity index (χ2v) is 3.86. The monoisotopic (exact) mass is 275 g/mol. The second-order valence-electron chi connectivity index (χ2n) is 3.86. The number of aromatic nitrogens is 1. The Morgan fingerprint density at radius 1 is 1.25 bits per heavy atom. The molecule has 4 N–H and O–H groups in total. The zero-order chi connectivity index (χ0) is 14.7. The lowest BCUT2D eigenvalue weighted by atomic mass is 10.1. The Hall–Kier alpha value is -2.96. The molecule has 0 bridgehead atoms. The van der Waals surface area contributed by atoms with Gasteiger partial charge in [-0.3, -0.25) is 4.79 Å². The lowest BCUT2D eigenvalue weighted by Gasteiger charge is -2.10. The molecule has 0 saturated heterocycles. The molecule has 0 atom stereocenters. The van der Waals surface area contributed by atoms with Crippen LogP contribution in [0.3, 0.4) is 0 Å². The number of halogens is 1. The van der Waals surface area contributed by atoms with Crippen LogP contribution in [0.25, 0.3) is 0 Å². The Morgan fingerprint density at radius 3 is 2.65 bits per heavy atom. The van der Waals surface area contributed by atoms with E-state index >= 15 is 0 Å². The topological polar surface area (TPSA) is 105 Å². The summed E-state index contributed by atoms with van der Waals surface area (Å²) in [7, 11) is 0. The van der Waals surface area contributed by atoms with Gasteiger partial charge >= 0.3 is 5.97 Å². The number of hydrogen-bond donors (Lipinski definition) is 3. The molecular formula is C13H10FN3O3. The summed E-state index contributed by atoms with van der Waals surface area (Å²) in [5, 5.41) is 11.1. The Labute approximate surface area is 113 Å². The van der Waals surface area contributed by atoms with Crippen molar-refractivity contribution in [2.45, 2.75) is 0 Å². The molecule has 102 valence electrons. The first kappa shape index (κ1) is 13.5. The molecule has 1 heterocycles. The van der Waals surface area contributed by atoms with Gasteiger partial charge in [0.1, 0.15) is 5.82 Å². The fraction of sp³-hybridized carbons (Fsp3) is 0. The first-order valence-electron chi connectivity index (χ1n) is 5.54. The lowest BCUT2D eigenvalue weighted by Crippen LogP contribution is -2.18. The standard InChI is InChI=1S/C13H10FN3O3/c14-8-4-1-3-7(13(19)20)10(8)17-12(18)11-9(15)5-2-6-16-11/h1-6H,15H2,(H,17,18)(H,19,20). The third kappa shape index (κ3) is 2.56. The number of para-hydroxylation sites is 1. The molecule has 6 nitrogen and oxygen atoms in total. The molecule has 0 aliphatic heterocycles. The number of rotatable bonds is 3. The number of aromatic carboxylic acids is 1. The number of nitrogen functional groups attached to an aromatic ring is 1. The third-order valence-corrected chi connectivity index (χ3v) is 2.54. The van der Waals surface area contributed by atoms with Gasteiger partial charge < -0.3 is 16.2 Å². The quantitative estimate of drug-likeness (QED) is 0.791. The highest BCUT2D eigenvalue weighted by Crippen LogP contribution is 2.21. The predicted octanol–water partition coefficient (Wildman–Crippen LogP) is 1.75. The molecule has 1 aromatic heterocycles. The molecule has 0 unspecified atom stereocenters. The molecule has 0 saturated carbocycles. The van der Waals surface area contributed by atoms with Crippen molar-refractivity contribution in [1.29, 1.82) is 0 Å². The van der Waals surface area contributed by atoms with Gasteiger partial charge in [0.2, 0.25) is 0 Å². The molecule has 2 rings (SSSR count). The Balaban J connectivity index is 2.38. The molecule has 1 amide bonds. The van der Waals surface area contributed by atoms with Crippen LogP contribution in [-0.4, -0.2) is 22.0 Å². The molecule has 2 aromatic rings. The largest absolute Gasteiger partial charge is 0.478 e. The Morgan fingerprint density at radius 2 is 2.00 bits per heavy atom. The van der Waals surface area contributed by atoms with Gasteiger partial charge in [-0.25, -0.2) is 14.2 Å². The zero-order valence-corrected chi connectivity index (χ0v) is 10.1. The number of benzene rings is 1. The van der Waals surface area contributed by atoms with Gasteiger partial charge in [0.25, 0.3) is 5.91 Å². The number of nitrogens with one attached hydrogen (secondary N) is 1. The summed E-state index contributed by atoms with van der Waals surface area (Å²) < 4.78 is 13.7. The molecule has 0 fully saturated rings. The fourth-order valence-electron chi connectivity index (χ4n) is 1.61. The summed E-state index contributed by atoms with van der Waals surface area (Å²) in [4.78, 5) is 26.7. The first-order valence-corrected chi connectivity index (χ1v) is 5.54. The van der Waals surface area contributed by atoms with E-state index in [1.807, 2.05) is 0 Å². The molecule has 0 aliphatic rings. The smallest absolute Gasteiger partial charge is 0.337 e. The van der Waals surface area contributed by atoms with E-state index in [-0.39, 0.29) is 16.9 Å². The van der Waals surface area contributed by atoms with E-state index in [9.17, 15) is 14.0 Å². The van der Waals surface area contributed by atoms with E-state index in [1.54, 1.807) is 0 Å². The molecule has 0 spiro atoms.